The fourth-order valence-electron chi connectivity index (χ4n) is 3.59. The summed E-state index contributed by atoms with van der Waals surface area (Å²) in [5.74, 6) is 0.864. The highest BCUT2D eigenvalue weighted by Gasteiger charge is 2.42. The average molecular weight is 424 g/mol. The van der Waals surface area contributed by atoms with Crippen LogP contribution in [0.1, 0.15) is 23.2 Å². The Morgan fingerprint density at radius 1 is 1.30 bits per heavy atom. The third-order valence-corrected chi connectivity index (χ3v) is 6.85. The molecule has 3 atom stereocenters. The maximum absolute atomic E-state index is 12.6. The van der Waals surface area contributed by atoms with Gasteiger partial charge in [-0.15, -0.1) is 12.4 Å². The zero-order valence-electron chi connectivity index (χ0n) is 12.7. The van der Waals surface area contributed by atoms with Crippen LogP contribution in [0.15, 0.2) is 27.6 Å². The fraction of sp³-hybridized carbons (Fsp3) is 0.533. The Kier molecular flexibility index (Phi) is 5.45. The highest BCUT2D eigenvalue weighted by atomic mass is 79.9. The molecule has 128 valence electrons. The van der Waals surface area contributed by atoms with Crippen LogP contribution >= 0.6 is 28.3 Å². The lowest BCUT2D eigenvalue weighted by atomic mass is 9.98. The Labute approximate surface area is 151 Å². The van der Waals surface area contributed by atoms with Crippen molar-refractivity contribution in [3.8, 4) is 0 Å². The maximum atomic E-state index is 12.6. The third kappa shape index (κ3) is 3.57. The molecule has 3 unspecified atom stereocenters. The topological polar surface area (TPSA) is 80.5 Å². The fourth-order valence-corrected chi connectivity index (χ4v) is 5.58. The van der Waals surface area contributed by atoms with E-state index in [1.165, 1.54) is 6.07 Å². The Morgan fingerprint density at radius 2 is 2.00 bits per heavy atom. The standard InChI is InChI=1S/C15H19BrN2O3S.ClH/c1-22(20,21)14-5-3-9(6-12(14)16)15(19)18-7-10-2-4-13(17)11(10)8-18;/h3,5-6,10-11,13H,2,4,7-8,17H2,1H3;1H. The van der Waals surface area contributed by atoms with Gasteiger partial charge in [0.25, 0.3) is 5.91 Å². The number of nitrogens with zero attached hydrogens (tertiary/aromatic N) is 1. The molecule has 0 aromatic heterocycles. The second-order valence-corrected chi connectivity index (χ2v) is 9.13. The number of benzene rings is 1. The summed E-state index contributed by atoms with van der Waals surface area (Å²) in [6.45, 7) is 1.46. The quantitative estimate of drug-likeness (QED) is 0.790. The molecule has 3 rings (SSSR count). The largest absolute Gasteiger partial charge is 0.338 e. The average Bonchev–Trinajstić information content (AvgIpc) is 2.99. The minimum atomic E-state index is -3.30. The first-order valence-corrected chi connectivity index (χ1v) is 10.0. The van der Waals surface area contributed by atoms with Crippen LogP contribution in [0.3, 0.4) is 0 Å². The minimum absolute atomic E-state index is 0. The van der Waals surface area contributed by atoms with E-state index in [9.17, 15) is 13.2 Å². The normalized spacial score (nSPS) is 26.7. The molecule has 0 bridgehead atoms. The van der Waals surface area contributed by atoms with Crippen LogP contribution < -0.4 is 5.73 Å². The number of carbonyl (C=O) groups excluding carboxylic acids is 1. The predicted octanol–water partition coefficient (Wildman–Crippen LogP) is 2.08. The summed E-state index contributed by atoms with van der Waals surface area (Å²) < 4.78 is 23.7. The molecule has 2 N–H and O–H groups in total. The lowest BCUT2D eigenvalue weighted by Gasteiger charge is -2.19. The number of likely N-dealkylation sites (tertiary alicyclic amines) is 1. The van der Waals surface area contributed by atoms with Gasteiger partial charge in [-0.2, -0.15) is 0 Å². The van der Waals surface area contributed by atoms with Crippen molar-refractivity contribution in [3.63, 3.8) is 0 Å². The highest BCUT2D eigenvalue weighted by Crippen LogP contribution is 2.37. The van der Waals surface area contributed by atoms with Gasteiger partial charge < -0.3 is 10.6 Å². The van der Waals surface area contributed by atoms with Gasteiger partial charge in [-0.05, 0) is 58.8 Å². The number of fused-ring (bicyclic) bond motifs is 1. The van der Waals surface area contributed by atoms with Crippen LogP contribution in [0.2, 0.25) is 0 Å². The Balaban J connectivity index is 0.00000192. The molecule has 1 aromatic carbocycles. The number of halogens is 2. The maximum Gasteiger partial charge on any atom is 0.253 e. The molecule has 8 heteroatoms. The van der Waals surface area contributed by atoms with Gasteiger partial charge in [-0.25, -0.2) is 8.42 Å². The second-order valence-electron chi connectivity index (χ2n) is 6.29. The van der Waals surface area contributed by atoms with E-state index in [0.29, 0.717) is 28.4 Å². The molecule has 2 fully saturated rings. The van der Waals surface area contributed by atoms with E-state index in [-0.39, 0.29) is 29.3 Å². The molecule has 5 nitrogen and oxygen atoms in total. The lowest BCUT2D eigenvalue weighted by Crippen LogP contribution is -2.33. The van der Waals surface area contributed by atoms with Crippen LogP contribution in [0.5, 0.6) is 0 Å². The van der Waals surface area contributed by atoms with Gasteiger partial charge in [0.15, 0.2) is 9.84 Å². The number of sulfone groups is 1. The van der Waals surface area contributed by atoms with E-state index < -0.39 is 9.84 Å². The lowest BCUT2D eigenvalue weighted by molar-refractivity contribution is 0.0779. The first kappa shape index (κ1) is 18.7. The first-order valence-electron chi connectivity index (χ1n) is 7.32. The summed E-state index contributed by atoms with van der Waals surface area (Å²) in [4.78, 5) is 14.7. The monoisotopic (exact) mass is 422 g/mol. The van der Waals surface area contributed by atoms with Gasteiger partial charge in [0.05, 0.1) is 4.90 Å². The van der Waals surface area contributed by atoms with Gasteiger partial charge in [0, 0.05) is 35.4 Å². The minimum Gasteiger partial charge on any atom is -0.338 e. The van der Waals surface area contributed by atoms with E-state index in [1.54, 1.807) is 12.1 Å². The van der Waals surface area contributed by atoms with Gasteiger partial charge >= 0.3 is 0 Å². The van der Waals surface area contributed by atoms with Crippen molar-refractivity contribution in [1.29, 1.82) is 0 Å². The van der Waals surface area contributed by atoms with E-state index >= 15 is 0 Å². The summed E-state index contributed by atoms with van der Waals surface area (Å²) in [5.41, 5.74) is 6.61. The molecular weight excluding hydrogens is 404 g/mol. The SMILES string of the molecule is CS(=O)(=O)c1ccc(C(=O)N2CC3CCC(N)C3C2)cc1Br.Cl. The molecule has 1 aromatic rings. The molecule has 1 aliphatic heterocycles. The van der Waals surface area contributed by atoms with Crippen molar-refractivity contribution in [2.45, 2.75) is 23.8 Å². The third-order valence-electron chi connectivity index (χ3n) is 4.78. The molecule has 0 spiro atoms. The summed E-state index contributed by atoms with van der Waals surface area (Å²) in [6, 6.07) is 4.85. The number of nitrogens with two attached hydrogens (primary N) is 1. The van der Waals surface area contributed by atoms with Gasteiger partial charge in [0.1, 0.15) is 0 Å². The van der Waals surface area contributed by atoms with E-state index in [4.69, 9.17) is 5.73 Å². The summed E-state index contributed by atoms with van der Waals surface area (Å²) in [6.07, 6.45) is 3.29. The molecule has 1 saturated carbocycles. The van der Waals surface area contributed by atoms with Crippen molar-refractivity contribution in [2.24, 2.45) is 17.6 Å². The Morgan fingerprint density at radius 3 is 2.57 bits per heavy atom. The molecule has 0 radical (unpaired) electrons. The van der Waals surface area contributed by atoms with Crippen molar-refractivity contribution in [3.05, 3.63) is 28.2 Å². The van der Waals surface area contributed by atoms with E-state index in [1.807, 2.05) is 4.90 Å². The van der Waals surface area contributed by atoms with Crippen LogP contribution in [-0.4, -0.2) is 44.6 Å². The molecule has 1 heterocycles. The zero-order valence-corrected chi connectivity index (χ0v) is 16.0. The smallest absolute Gasteiger partial charge is 0.253 e. The number of hydrogen-bond acceptors (Lipinski definition) is 4. The van der Waals surface area contributed by atoms with Gasteiger partial charge in [-0.1, -0.05) is 0 Å². The molecule has 2 aliphatic rings. The van der Waals surface area contributed by atoms with Crippen LogP contribution in [0.4, 0.5) is 0 Å². The molecular formula is C15H20BrClN2O3S. The summed E-state index contributed by atoms with van der Waals surface area (Å²) in [5, 5.41) is 0. The van der Waals surface area contributed by atoms with Gasteiger partial charge in [0.2, 0.25) is 0 Å². The predicted molar refractivity (Wildman–Crippen MR) is 94.6 cm³/mol. The number of amides is 1. The zero-order chi connectivity index (χ0) is 16.1. The van der Waals surface area contributed by atoms with Crippen molar-refractivity contribution in [1.82, 2.24) is 4.90 Å². The van der Waals surface area contributed by atoms with Crippen LogP contribution in [0.25, 0.3) is 0 Å². The second kappa shape index (κ2) is 6.70. The van der Waals surface area contributed by atoms with Crippen LogP contribution in [-0.2, 0) is 9.84 Å². The number of carbonyl (C=O) groups is 1. The molecule has 1 saturated heterocycles. The summed E-state index contributed by atoms with van der Waals surface area (Å²) >= 11 is 3.25. The molecule has 1 aliphatic carbocycles. The van der Waals surface area contributed by atoms with Crippen molar-refractivity contribution >= 4 is 44.1 Å². The highest BCUT2D eigenvalue weighted by molar-refractivity contribution is 9.10. The van der Waals surface area contributed by atoms with Crippen molar-refractivity contribution in [2.75, 3.05) is 19.3 Å². The van der Waals surface area contributed by atoms with Crippen molar-refractivity contribution < 1.29 is 13.2 Å². The van der Waals surface area contributed by atoms with E-state index in [0.717, 1.165) is 25.6 Å². The number of rotatable bonds is 2. The molecule has 23 heavy (non-hydrogen) atoms. The summed E-state index contributed by atoms with van der Waals surface area (Å²) in [7, 11) is -3.30. The number of hydrogen-bond donors (Lipinski definition) is 1. The first-order chi connectivity index (χ1) is 10.3. The van der Waals surface area contributed by atoms with Crippen LogP contribution in [0, 0.1) is 11.8 Å². The van der Waals surface area contributed by atoms with Gasteiger partial charge in [-0.3, -0.25) is 4.79 Å². The molecule has 1 amide bonds. The Bertz CT molecular complexity index is 725. The Hall–Kier alpha value is -0.630. The van der Waals surface area contributed by atoms with E-state index in [2.05, 4.69) is 15.9 Å².